The summed E-state index contributed by atoms with van der Waals surface area (Å²) in [5.41, 5.74) is 1.62. The third-order valence-electron chi connectivity index (χ3n) is 3.89. The highest BCUT2D eigenvalue weighted by atomic mass is 79.9. The summed E-state index contributed by atoms with van der Waals surface area (Å²) in [5, 5.41) is 4.41. The van der Waals surface area contributed by atoms with Crippen LogP contribution in [0.3, 0.4) is 0 Å². The van der Waals surface area contributed by atoms with Crippen molar-refractivity contribution in [2.75, 3.05) is 5.32 Å². The van der Waals surface area contributed by atoms with E-state index < -0.39 is 0 Å². The molecule has 2 rings (SSSR count). The molecule has 0 bridgehead atoms. The zero-order valence-electron chi connectivity index (χ0n) is 11.1. The first-order valence-electron chi connectivity index (χ1n) is 6.68. The minimum atomic E-state index is 0.502. The van der Waals surface area contributed by atoms with E-state index in [0.717, 1.165) is 15.2 Å². The van der Waals surface area contributed by atoms with Gasteiger partial charge in [0.15, 0.2) is 0 Å². The van der Waals surface area contributed by atoms with Crippen LogP contribution in [0.25, 0.3) is 0 Å². The van der Waals surface area contributed by atoms with E-state index in [-0.39, 0.29) is 0 Å². The number of nitrogens with one attached hydrogen (secondary N) is 1. The van der Waals surface area contributed by atoms with Crippen LogP contribution >= 0.6 is 27.5 Å². The van der Waals surface area contributed by atoms with Gasteiger partial charge >= 0.3 is 0 Å². The van der Waals surface area contributed by atoms with Gasteiger partial charge in [-0.3, -0.25) is 0 Å². The van der Waals surface area contributed by atoms with Crippen molar-refractivity contribution in [3.8, 4) is 0 Å². The molecular formula is C15H21BrClN. The number of anilines is 1. The molecule has 0 saturated heterocycles. The molecule has 1 aromatic carbocycles. The molecule has 1 aliphatic carbocycles. The predicted molar refractivity (Wildman–Crippen MR) is 83.4 cm³/mol. The fourth-order valence-electron chi connectivity index (χ4n) is 2.64. The van der Waals surface area contributed by atoms with Crippen LogP contribution in [0.2, 0.25) is 5.02 Å². The number of halogens is 2. The van der Waals surface area contributed by atoms with Crippen molar-refractivity contribution in [3.05, 3.63) is 27.7 Å². The number of hydrogen-bond donors (Lipinski definition) is 1. The fourth-order valence-corrected chi connectivity index (χ4v) is 3.19. The number of benzene rings is 1. The second-order valence-electron chi connectivity index (χ2n) is 6.04. The number of hydrogen-bond acceptors (Lipinski definition) is 1. The molecule has 1 aliphatic rings. The minimum absolute atomic E-state index is 0.502. The topological polar surface area (TPSA) is 12.0 Å². The molecule has 1 saturated carbocycles. The lowest BCUT2D eigenvalue weighted by Crippen LogP contribution is -2.19. The Hall–Kier alpha value is -0.210. The summed E-state index contributed by atoms with van der Waals surface area (Å²) in [6.45, 7) is 4.76. The van der Waals surface area contributed by atoms with Crippen molar-refractivity contribution in [1.82, 2.24) is 0 Å². The average Bonchev–Trinajstić information content (AvgIpc) is 2.47. The van der Waals surface area contributed by atoms with Crippen LogP contribution in [0.4, 0.5) is 5.69 Å². The van der Waals surface area contributed by atoms with Crippen LogP contribution in [0.5, 0.6) is 0 Å². The van der Waals surface area contributed by atoms with Gasteiger partial charge in [-0.25, -0.2) is 0 Å². The van der Waals surface area contributed by atoms with E-state index in [0.29, 0.717) is 11.5 Å². The molecule has 0 radical (unpaired) electrons. The molecule has 1 fully saturated rings. The maximum absolute atomic E-state index is 6.12. The van der Waals surface area contributed by atoms with Crippen LogP contribution < -0.4 is 5.32 Å². The van der Waals surface area contributed by atoms with Crippen molar-refractivity contribution < 1.29 is 0 Å². The molecule has 1 aromatic rings. The molecule has 0 amide bonds. The first kappa shape index (κ1) is 14.2. The van der Waals surface area contributed by atoms with Gasteiger partial charge in [-0.1, -0.05) is 37.9 Å². The highest BCUT2D eigenvalue weighted by Crippen LogP contribution is 2.36. The molecule has 0 aliphatic heterocycles. The van der Waals surface area contributed by atoms with Gasteiger partial charge in [-0.05, 0) is 59.2 Å². The molecule has 1 atom stereocenters. The third-order valence-corrected chi connectivity index (χ3v) is 5.28. The van der Waals surface area contributed by atoms with Gasteiger partial charge in [0.05, 0.1) is 15.2 Å². The zero-order valence-corrected chi connectivity index (χ0v) is 13.4. The predicted octanol–water partition coefficient (Wildman–Crippen LogP) is 5.87. The first-order chi connectivity index (χ1) is 8.48. The fraction of sp³-hybridized carbons (Fsp3) is 0.600. The van der Waals surface area contributed by atoms with E-state index in [1.807, 2.05) is 12.1 Å². The van der Waals surface area contributed by atoms with Crippen LogP contribution in [-0.4, -0.2) is 6.04 Å². The lowest BCUT2D eigenvalue weighted by atomic mass is 9.85. The molecule has 0 aromatic heterocycles. The van der Waals surface area contributed by atoms with E-state index in [9.17, 15) is 0 Å². The first-order valence-corrected chi connectivity index (χ1v) is 7.86. The van der Waals surface area contributed by atoms with Crippen molar-refractivity contribution in [3.63, 3.8) is 0 Å². The van der Waals surface area contributed by atoms with Crippen LogP contribution in [0.15, 0.2) is 22.7 Å². The van der Waals surface area contributed by atoms with Gasteiger partial charge in [0.1, 0.15) is 0 Å². The maximum Gasteiger partial charge on any atom is 0.0593 e. The second-order valence-corrected chi connectivity index (χ2v) is 7.24. The summed E-state index contributed by atoms with van der Waals surface area (Å²) in [6.07, 6.45) is 6.43. The summed E-state index contributed by atoms with van der Waals surface area (Å²) in [6, 6.07) is 6.57. The van der Waals surface area contributed by atoms with Gasteiger partial charge in [0.2, 0.25) is 0 Å². The summed E-state index contributed by atoms with van der Waals surface area (Å²) in [5.74, 6) is 0. The van der Waals surface area contributed by atoms with Crippen LogP contribution in [-0.2, 0) is 0 Å². The van der Waals surface area contributed by atoms with Gasteiger partial charge in [0, 0.05) is 6.04 Å². The molecule has 3 heteroatoms. The maximum atomic E-state index is 6.12. The molecule has 1 N–H and O–H groups in total. The molecule has 0 spiro atoms. The van der Waals surface area contributed by atoms with E-state index in [1.54, 1.807) is 0 Å². The van der Waals surface area contributed by atoms with Crippen molar-refractivity contribution >= 4 is 33.2 Å². The molecular weight excluding hydrogens is 310 g/mol. The normalized spacial score (nSPS) is 23.4. The van der Waals surface area contributed by atoms with E-state index in [2.05, 4.69) is 41.2 Å². The van der Waals surface area contributed by atoms with Gasteiger partial charge in [-0.15, -0.1) is 0 Å². The molecule has 18 heavy (non-hydrogen) atoms. The van der Waals surface area contributed by atoms with E-state index in [1.165, 1.54) is 32.1 Å². The highest BCUT2D eigenvalue weighted by molar-refractivity contribution is 9.10. The highest BCUT2D eigenvalue weighted by Gasteiger charge is 2.24. The molecule has 1 unspecified atom stereocenters. The van der Waals surface area contributed by atoms with E-state index in [4.69, 9.17) is 11.6 Å². The molecule has 100 valence electrons. The van der Waals surface area contributed by atoms with Crippen molar-refractivity contribution in [1.29, 1.82) is 0 Å². The summed E-state index contributed by atoms with van der Waals surface area (Å²) in [4.78, 5) is 0. The smallest absolute Gasteiger partial charge is 0.0593 e. The Labute approximate surface area is 123 Å². The second kappa shape index (κ2) is 5.83. The Balaban J connectivity index is 2.03. The molecule has 0 heterocycles. The summed E-state index contributed by atoms with van der Waals surface area (Å²) in [7, 11) is 0. The lowest BCUT2D eigenvalue weighted by Gasteiger charge is -2.22. The molecule has 1 nitrogen and oxygen atoms in total. The van der Waals surface area contributed by atoms with Gasteiger partial charge < -0.3 is 5.32 Å². The Morgan fingerprint density at radius 2 is 2.06 bits per heavy atom. The third kappa shape index (κ3) is 3.64. The summed E-state index contributed by atoms with van der Waals surface area (Å²) >= 11 is 9.68. The lowest BCUT2D eigenvalue weighted by molar-refractivity contribution is 0.313. The quantitative estimate of drug-likeness (QED) is 0.668. The van der Waals surface area contributed by atoms with Crippen LogP contribution in [0.1, 0.15) is 46.0 Å². The SMILES string of the molecule is CC1(C)CCCC(Nc2cccc(Cl)c2Br)CC1. The average molecular weight is 331 g/mol. The Kier molecular flexibility index (Phi) is 4.60. The van der Waals surface area contributed by atoms with Crippen molar-refractivity contribution in [2.24, 2.45) is 5.41 Å². The zero-order chi connectivity index (χ0) is 13.2. The van der Waals surface area contributed by atoms with Gasteiger partial charge in [-0.2, -0.15) is 0 Å². The number of rotatable bonds is 2. The largest absolute Gasteiger partial charge is 0.381 e. The standard InChI is InChI=1S/C15H21BrClN/c1-15(2)9-4-5-11(8-10-15)18-13-7-3-6-12(17)14(13)16/h3,6-7,11,18H,4-5,8-10H2,1-2H3. The Morgan fingerprint density at radius 1 is 1.28 bits per heavy atom. The van der Waals surface area contributed by atoms with E-state index >= 15 is 0 Å². The van der Waals surface area contributed by atoms with Crippen molar-refractivity contribution in [2.45, 2.75) is 52.0 Å². The van der Waals surface area contributed by atoms with Gasteiger partial charge in [0.25, 0.3) is 0 Å². The monoisotopic (exact) mass is 329 g/mol. The Morgan fingerprint density at radius 3 is 2.83 bits per heavy atom. The summed E-state index contributed by atoms with van der Waals surface area (Å²) < 4.78 is 0.982. The Bertz CT molecular complexity index is 417. The minimum Gasteiger partial charge on any atom is -0.381 e. The van der Waals surface area contributed by atoms with Crippen LogP contribution in [0, 0.1) is 5.41 Å².